The molecule has 0 atom stereocenters. The van der Waals surface area contributed by atoms with Crippen LogP contribution in [-0.2, 0) is 19.7 Å². The SMILES string of the molecule is CCO[Si](CCCCCc1ccsc1)(OCC)OCC. The molecule has 3 nitrogen and oxygen atoms in total. The molecule has 20 heavy (non-hydrogen) atoms. The number of hydrogen-bond acceptors (Lipinski definition) is 4. The molecule has 1 aromatic rings. The van der Waals surface area contributed by atoms with Crippen LogP contribution in [0.2, 0.25) is 6.04 Å². The van der Waals surface area contributed by atoms with Gasteiger partial charge in [-0.1, -0.05) is 6.42 Å². The Kier molecular flexibility index (Phi) is 9.38. The van der Waals surface area contributed by atoms with Crippen molar-refractivity contribution in [3.63, 3.8) is 0 Å². The Morgan fingerprint density at radius 1 is 0.950 bits per heavy atom. The minimum atomic E-state index is -2.41. The van der Waals surface area contributed by atoms with Gasteiger partial charge in [-0.15, -0.1) is 0 Å². The first-order valence-electron chi connectivity index (χ1n) is 7.69. The molecular formula is C15H28O3SSi. The standard InChI is InChI=1S/C15H28O3SSi/c1-4-16-20(17-5-2,18-6-3)13-9-7-8-10-15-11-12-19-14-15/h11-12,14H,4-10,13H2,1-3H3. The maximum atomic E-state index is 5.86. The van der Waals surface area contributed by atoms with E-state index in [2.05, 4.69) is 16.8 Å². The first-order valence-corrected chi connectivity index (χ1v) is 10.6. The molecule has 116 valence electrons. The van der Waals surface area contributed by atoms with Crippen LogP contribution in [0.1, 0.15) is 45.6 Å². The molecule has 0 aliphatic carbocycles. The Labute approximate surface area is 128 Å². The maximum Gasteiger partial charge on any atom is 0.500 e. The highest BCUT2D eigenvalue weighted by molar-refractivity contribution is 7.07. The third-order valence-electron chi connectivity index (χ3n) is 3.12. The molecule has 0 fully saturated rings. The maximum absolute atomic E-state index is 5.86. The third kappa shape index (κ3) is 6.50. The summed E-state index contributed by atoms with van der Waals surface area (Å²) < 4.78 is 17.6. The number of aryl methyl sites for hydroxylation is 1. The second-order valence-electron chi connectivity index (χ2n) is 4.67. The molecule has 0 N–H and O–H groups in total. The predicted octanol–water partition coefficient (Wildman–Crippen LogP) is 4.51. The van der Waals surface area contributed by atoms with E-state index in [1.165, 1.54) is 24.8 Å². The molecule has 0 aliphatic rings. The molecule has 0 amide bonds. The zero-order chi connectivity index (χ0) is 14.7. The molecule has 0 saturated heterocycles. The topological polar surface area (TPSA) is 27.7 Å². The number of unbranched alkanes of at least 4 members (excludes halogenated alkanes) is 2. The predicted molar refractivity (Wildman–Crippen MR) is 87.3 cm³/mol. The molecule has 1 aromatic heterocycles. The number of rotatable bonds is 12. The fourth-order valence-corrected chi connectivity index (χ4v) is 5.67. The molecule has 0 radical (unpaired) electrons. The van der Waals surface area contributed by atoms with Gasteiger partial charge in [0, 0.05) is 25.9 Å². The average Bonchev–Trinajstić information content (AvgIpc) is 2.92. The van der Waals surface area contributed by atoms with Gasteiger partial charge >= 0.3 is 8.80 Å². The summed E-state index contributed by atoms with van der Waals surface area (Å²) >= 11 is 1.77. The van der Waals surface area contributed by atoms with Crippen LogP contribution < -0.4 is 0 Å². The van der Waals surface area contributed by atoms with Gasteiger partial charge in [-0.25, -0.2) is 0 Å². The van der Waals surface area contributed by atoms with Crippen LogP contribution in [0.25, 0.3) is 0 Å². The molecule has 0 aromatic carbocycles. The second-order valence-corrected chi connectivity index (χ2v) is 8.19. The quantitative estimate of drug-likeness (QED) is 0.419. The monoisotopic (exact) mass is 316 g/mol. The summed E-state index contributed by atoms with van der Waals surface area (Å²) in [5.74, 6) is 0. The minimum absolute atomic E-state index is 0.668. The van der Waals surface area contributed by atoms with Gasteiger partial charge < -0.3 is 13.3 Å². The van der Waals surface area contributed by atoms with Gasteiger partial charge in [0.2, 0.25) is 0 Å². The fourth-order valence-electron chi connectivity index (χ4n) is 2.28. The molecule has 1 heterocycles. The normalized spacial score (nSPS) is 11.9. The van der Waals surface area contributed by atoms with Gasteiger partial charge in [0.15, 0.2) is 0 Å². The second kappa shape index (κ2) is 10.5. The molecule has 5 heteroatoms. The molecule has 0 aliphatic heterocycles. The van der Waals surface area contributed by atoms with Crippen molar-refractivity contribution in [3.05, 3.63) is 22.4 Å². The van der Waals surface area contributed by atoms with Crippen LogP contribution in [0.15, 0.2) is 16.8 Å². The number of thiophene rings is 1. The van der Waals surface area contributed by atoms with Gasteiger partial charge in [0.25, 0.3) is 0 Å². The lowest BCUT2D eigenvalue weighted by molar-refractivity contribution is 0.0706. The number of hydrogen-bond donors (Lipinski definition) is 0. The Morgan fingerprint density at radius 2 is 1.60 bits per heavy atom. The van der Waals surface area contributed by atoms with E-state index in [9.17, 15) is 0 Å². The zero-order valence-electron chi connectivity index (χ0n) is 13.0. The molecular weight excluding hydrogens is 288 g/mol. The lowest BCUT2D eigenvalue weighted by Crippen LogP contribution is -2.45. The van der Waals surface area contributed by atoms with E-state index in [0.717, 1.165) is 12.5 Å². The molecule has 1 rings (SSSR count). The van der Waals surface area contributed by atoms with Crippen molar-refractivity contribution in [3.8, 4) is 0 Å². The molecule has 0 unspecified atom stereocenters. The van der Waals surface area contributed by atoms with E-state index < -0.39 is 8.80 Å². The van der Waals surface area contributed by atoms with Crippen molar-refractivity contribution in [2.45, 2.75) is 52.5 Å². The smallest absolute Gasteiger partial charge is 0.374 e. The third-order valence-corrected chi connectivity index (χ3v) is 7.00. The van der Waals surface area contributed by atoms with E-state index >= 15 is 0 Å². The summed E-state index contributed by atoms with van der Waals surface area (Å²) in [6.07, 6.45) is 4.73. The highest BCUT2D eigenvalue weighted by atomic mass is 32.1. The highest BCUT2D eigenvalue weighted by Crippen LogP contribution is 2.20. The van der Waals surface area contributed by atoms with E-state index in [1.54, 1.807) is 11.3 Å². The van der Waals surface area contributed by atoms with Gasteiger partial charge in [0.05, 0.1) is 0 Å². The van der Waals surface area contributed by atoms with Crippen LogP contribution in [0.5, 0.6) is 0 Å². The van der Waals surface area contributed by atoms with Crippen molar-refractivity contribution in [1.82, 2.24) is 0 Å². The van der Waals surface area contributed by atoms with Crippen LogP contribution in [0, 0.1) is 0 Å². The Bertz CT molecular complexity index is 313. The van der Waals surface area contributed by atoms with Crippen molar-refractivity contribution < 1.29 is 13.3 Å². The van der Waals surface area contributed by atoms with E-state index in [0.29, 0.717) is 19.8 Å². The average molecular weight is 317 g/mol. The largest absolute Gasteiger partial charge is 0.500 e. The Hall–Kier alpha value is -0.203. The first kappa shape index (κ1) is 17.8. The van der Waals surface area contributed by atoms with Crippen molar-refractivity contribution in [2.24, 2.45) is 0 Å². The fraction of sp³-hybridized carbons (Fsp3) is 0.733. The van der Waals surface area contributed by atoms with Gasteiger partial charge in [-0.05, 0) is 62.4 Å². The highest BCUT2D eigenvalue weighted by Gasteiger charge is 2.39. The van der Waals surface area contributed by atoms with Gasteiger partial charge in [-0.3, -0.25) is 0 Å². The van der Waals surface area contributed by atoms with Crippen molar-refractivity contribution in [2.75, 3.05) is 19.8 Å². The molecule has 0 bridgehead atoms. The Balaban J connectivity index is 2.29. The van der Waals surface area contributed by atoms with E-state index in [-0.39, 0.29) is 0 Å². The van der Waals surface area contributed by atoms with Gasteiger partial charge in [0.1, 0.15) is 0 Å². The summed E-state index contributed by atoms with van der Waals surface area (Å²) in [6, 6.07) is 3.15. The molecule has 0 spiro atoms. The van der Waals surface area contributed by atoms with Crippen LogP contribution in [-0.4, -0.2) is 28.6 Å². The lowest BCUT2D eigenvalue weighted by Gasteiger charge is -2.28. The molecule has 0 saturated carbocycles. The van der Waals surface area contributed by atoms with Gasteiger partial charge in [-0.2, -0.15) is 11.3 Å². The summed E-state index contributed by atoms with van der Waals surface area (Å²) in [7, 11) is -2.41. The Morgan fingerprint density at radius 3 is 2.10 bits per heavy atom. The van der Waals surface area contributed by atoms with Crippen molar-refractivity contribution in [1.29, 1.82) is 0 Å². The zero-order valence-corrected chi connectivity index (χ0v) is 14.8. The van der Waals surface area contributed by atoms with Crippen LogP contribution in [0.4, 0.5) is 0 Å². The van der Waals surface area contributed by atoms with Crippen molar-refractivity contribution >= 4 is 20.1 Å². The van der Waals surface area contributed by atoms with E-state index in [1.807, 2.05) is 20.8 Å². The first-order chi connectivity index (χ1) is 9.76. The summed E-state index contributed by atoms with van der Waals surface area (Å²) in [5, 5.41) is 4.38. The van der Waals surface area contributed by atoms with Crippen LogP contribution in [0.3, 0.4) is 0 Å². The minimum Gasteiger partial charge on any atom is -0.374 e. The van der Waals surface area contributed by atoms with Crippen LogP contribution >= 0.6 is 11.3 Å². The summed E-state index contributed by atoms with van der Waals surface area (Å²) in [5.41, 5.74) is 1.46. The summed E-state index contributed by atoms with van der Waals surface area (Å²) in [6.45, 7) is 8.03. The lowest BCUT2D eigenvalue weighted by atomic mass is 10.1. The summed E-state index contributed by atoms with van der Waals surface area (Å²) in [4.78, 5) is 0. The van der Waals surface area contributed by atoms with E-state index in [4.69, 9.17) is 13.3 Å².